The number of benzene rings is 1. The third-order valence-corrected chi connectivity index (χ3v) is 10.5. The van der Waals surface area contributed by atoms with E-state index >= 15 is 4.39 Å². The number of nitriles is 1. The molecule has 4 aromatic rings. The Labute approximate surface area is 245 Å². The van der Waals surface area contributed by atoms with Gasteiger partial charge in [-0.25, -0.2) is 13.8 Å². The van der Waals surface area contributed by atoms with E-state index in [9.17, 15) is 9.65 Å². The molecule has 3 unspecified atom stereocenters. The van der Waals surface area contributed by atoms with E-state index in [1.54, 1.807) is 0 Å². The Morgan fingerprint density at radius 2 is 1.83 bits per heavy atom. The predicted molar refractivity (Wildman–Crippen MR) is 158 cm³/mol. The van der Waals surface area contributed by atoms with Gasteiger partial charge in [-0.15, -0.1) is 11.3 Å². The third kappa shape index (κ3) is 3.66. The minimum atomic E-state index is -0.596. The number of nitrogen functional groups attached to an aromatic ring is 1. The highest BCUT2D eigenvalue weighted by atomic mass is 32.1. The lowest BCUT2D eigenvalue weighted by Crippen LogP contribution is -2.53. The number of hydrogen-bond donors (Lipinski definition) is 1. The molecule has 0 amide bonds. The van der Waals surface area contributed by atoms with Gasteiger partial charge in [0.25, 0.3) is 0 Å². The summed E-state index contributed by atoms with van der Waals surface area (Å²) in [5.41, 5.74) is 8.29. The van der Waals surface area contributed by atoms with Crippen LogP contribution in [0.15, 0.2) is 6.20 Å². The van der Waals surface area contributed by atoms with E-state index in [-0.39, 0.29) is 62.7 Å². The summed E-state index contributed by atoms with van der Waals surface area (Å²) >= 11 is 0.973. The van der Waals surface area contributed by atoms with Crippen LogP contribution in [0.4, 0.5) is 25.5 Å². The molecule has 3 atom stereocenters. The van der Waals surface area contributed by atoms with Crippen LogP contribution in [0.2, 0.25) is 0 Å². The Balaban J connectivity index is 1.44. The number of nitrogens with two attached hydrogens (primary N) is 1. The zero-order valence-electron chi connectivity index (χ0n) is 23.5. The summed E-state index contributed by atoms with van der Waals surface area (Å²) in [5.74, 6) is 0.644. The van der Waals surface area contributed by atoms with Gasteiger partial charge in [-0.3, -0.25) is 4.98 Å². The molecule has 0 aliphatic carbocycles. The SMILES string of the molecule is CC1CCN(c2nc(N3C4CCC3CN(C)C4)c3c4c(c(-c5ncc(F)c6sc(N)c(C#N)c56)c(F)c3n2)COC4)C1. The van der Waals surface area contributed by atoms with Crippen LogP contribution in [-0.2, 0) is 18.0 Å². The van der Waals surface area contributed by atoms with Crippen LogP contribution >= 0.6 is 11.3 Å². The molecule has 0 radical (unpaired) electrons. The number of hydrogen-bond acceptors (Lipinski definition) is 10. The summed E-state index contributed by atoms with van der Waals surface area (Å²) in [6.45, 7) is 6.11. The number of halogens is 2. The average molecular weight is 589 g/mol. The first-order valence-electron chi connectivity index (χ1n) is 14.5. The summed E-state index contributed by atoms with van der Waals surface area (Å²) in [4.78, 5) is 21.4. The maximum atomic E-state index is 17.2. The molecular formula is C30H30F2N8OS. The number of likely N-dealkylation sites (tertiary alicyclic amines) is 1. The van der Waals surface area contributed by atoms with Crippen LogP contribution in [-0.4, -0.2) is 65.2 Å². The van der Waals surface area contributed by atoms with Crippen molar-refractivity contribution < 1.29 is 13.5 Å². The van der Waals surface area contributed by atoms with Crippen molar-refractivity contribution in [1.82, 2.24) is 19.9 Å². The zero-order valence-corrected chi connectivity index (χ0v) is 24.3. The van der Waals surface area contributed by atoms with E-state index < -0.39 is 11.6 Å². The summed E-state index contributed by atoms with van der Waals surface area (Å²) < 4.78 is 38.2. The Bertz CT molecular complexity index is 1820. The fourth-order valence-corrected chi connectivity index (χ4v) is 8.46. The lowest BCUT2D eigenvalue weighted by molar-refractivity contribution is 0.135. The van der Waals surface area contributed by atoms with Crippen molar-refractivity contribution in [3.05, 3.63) is 34.5 Å². The maximum absolute atomic E-state index is 17.2. The number of thiophene rings is 1. The van der Waals surface area contributed by atoms with Gasteiger partial charge in [-0.05, 0) is 43.4 Å². The molecule has 4 aliphatic rings. The number of piperazine rings is 1. The normalized spacial score (nSPS) is 23.8. The molecule has 42 heavy (non-hydrogen) atoms. The van der Waals surface area contributed by atoms with Crippen LogP contribution in [0.5, 0.6) is 0 Å². The highest BCUT2D eigenvalue weighted by molar-refractivity contribution is 7.23. The topological polar surface area (TPSA) is 107 Å². The van der Waals surface area contributed by atoms with Crippen LogP contribution < -0.4 is 15.5 Å². The molecule has 4 aliphatic heterocycles. The monoisotopic (exact) mass is 588 g/mol. The van der Waals surface area contributed by atoms with Crippen molar-refractivity contribution >= 4 is 49.1 Å². The first kappa shape index (κ1) is 26.0. The minimum absolute atomic E-state index is 0.105. The third-order valence-electron chi connectivity index (χ3n) is 9.43. The van der Waals surface area contributed by atoms with Gasteiger partial charge >= 0.3 is 0 Å². The average Bonchev–Trinajstić information content (AvgIpc) is 3.75. The molecule has 0 saturated carbocycles. The quantitative estimate of drug-likeness (QED) is 0.361. The van der Waals surface area contributed by atoms with Crippen LogP contribution in [0.3, 0.4) is 0 Å². The lowest BCUT2D eigenvalue weighted by atomic mass is 9.93. The Kier molecular flexibility index (Phi) is 5.83. The smallest absolute Gasteiger partial charge is 0.228 e. The fourth-order valence-electron chi connectivity index (χ4n) is 7.54. The van der Waals surface area contributed by atoms with E-state index in [2.05, 4.69) is 39.7 Å². The van der Waals surface area contributed by atoms with E-state index in [1.165, 1.54) is 0 Å². The molecule has 2 bridgehead atoms. The molecule has 3 aromatic heterocycles. The zero-order chi connectivity index (χ0) is 28.9. The molecule has 216 valence electrons. The molecular weight excluding hydrogens is 558 g/mol. The van der Waals surface area contributed by atoms with Crippen LogP contribution in [0, 0.1) is 28.9 Å². The number of likely N-dealkylation sites (N-methyl/N-ethyl adjacent to an activating group) is 1. The molecule has 9 nitrogen and oxygen atoms in total. The summed E-state index contributed by atoms with van der Waals surface area (Å²) in [7, 11) is 2.15. The largest absolute Gasteiger partial charge is 0.389 e. The Hall–Kier alpha value is -3.66. The molecule has 3 fully saturated rings. The summed E-state index contributed by atoms with van der Waals surface area (Å²) in [6, 6.07) is 2.65. The number of nitrogens with zero attached hydrogens (tertiary/aromatic N) is 7. The molecule has 7 heterocycles. The molecule has 8 rings (SSSR count). The molecule has 1 aromatic carbocycles. The number of fused-ring (bicyclic) bond motifs is 6. The van der Waals surface area contributed by atoms with Crippen LogP contribution in [0.25, 0.3) is 32.2 Å². The number of aromatic nitrogens is 3. The Morgan fingerprint density at radius 1 is 1.07 bits per heavy atom. The lowest BCUT2D eigenvalue weighted by Gasteiger charge is -2.41. The molecule has 2 N–H and O–H groups in total. The maximum Gasteiger partial charge on any atom is 0.228 e. The van der Waals surface area contributed by atoms with E-state index in [4.69, 9.17) is 20.4 Å². The van der Waals surface area contributed by atoms with E-state index in [0.29, 0.717) is 22.8 Å². The van der Waals surface area contributed by atoms with Crippen LogP contribution in [0.1, 0.15) is 42.9 Å². The highest BCUT2D eigenvalue weighted by Gasteiger charge is 2.42. The Morgan fingerprint density at radius 3 is 2.55 bits per heavy atom. The van der Waals surface area contributed by atoms with Gasteiger partial charge in [-0.1, -0.05) is 6.92 Å². The van der Waals surface area contributed by atoms with E-state index in [1.807, 2.05) is 0 Å². The van der Waals surface area contributed by atoms with Crippen molar-refractivity contribution in [3.63, 3.8) is 0 Å². The van der Waals surface area contributed by atoms with Crippen molar-refractivity contribution in [2.24, 2.45) is 5.92 Å². The van der Waals surface area contributed by atoms with E-state index in [0.717, 1.165) is 74.4 Å². The second-order valence-electron chi connectivity index (χ2n) is 12.2. The summed E-state index contributed by atoms with van der Waals surface area (Å²) in [5, 5.41) is 11.0. The molecule has 12 heteroatoms. The number of rotatable bonds is 3. The van der Waals surface area contributed by atoms with Gasteiger partial charge in [-0.2, -0.15) is 10.2 Å². The summed E-state index contributed by atoms with van der Waals surface area (Å²) in [6.07, 6.45) is 4.22. The van der Waals surface area contributed by atoms with Gasteiger partial charge in [0, 0.05) is 49.2 Å². The number of ether oxygens (including phenoxy) is 1. The molecule has 3 saturated heterocycles. The van der Waals surface area contributed by atoms with Gasteiger partial charge < -0.3 is 25.2 Å². The number of anilines is 3. The van der Waals surface area contributed by atoms with Crippen molar-refractivity contribution in [1.29, 1.82) is 5.26 Å². The fraction of sp³-hybridized carbons (Fsp3) is 0.467. The van der Waals surface area contributed by atoms with Gasteiger partial charge in [0.2, 0.25) is 5.95 Å². The standard InChI is InChI=1S/C30H30F2N8OS/c1-14-5-6-39(9-14)30-36-26-23(29(37-30)40-15-3-4-16(40)11-38(2)10-15)19-13-41-12-18(19)21(24(26)32)25-22-17(7-33)28(34)42-27(22)20(31)8-35-25/h8,14-16H,3-6,9-13,34H2,1-2H3. The second kappa shape index (κ2) is 9.42. The minimum Gasteiger partial charge on any atom is -0.389 e. The predicted octanol–water partition coefficient (Wildman–Crippen LogP) is 4.80. The van der Waals surface area contributed by atoms with Gasteiger partial charge in [0.05, 0.1) is 40.8 Å². The highest BCUT2D eigenvalue weighted by Crippen LogP contribution is 2.48. The first-order valence-corrected chi connectivity index (χ1v) is 15.3. The number of pyridine rings is 1. The van der Waals surface area contributed by atoms with Crippen molar-refractivity contribution in [2.75, 3.05) is 48.8 Å². The van der Waals surface area contributed by atoms with Crippen molar-refractivity contribution in [3.8, 4) is 17.3 Å². The second-order valence-corrected chi connectivity index (χ2v) is 13.2. The van der Waals surface area contributed by atoms with Crippen molar-refractivity contribution in [2.45, 2.75) is 51.5 Å². The first-order chi connectivity index (χ1) is 20.3. The molecule has 0 spiro atoms. The van der Waals surface area contributed by atoms with Gasteiger partial charge in [0.1, 0.15) is 22.4 Å². The van der Waals surface area contributed by atoms with Gasteiger partial charge in [0.15, 0.2) is 11.6 Å².